The second-order valence-corrected chi connectivity index (χ2v) is 6.19. The van der Waals surface area contributed by atoms with Crippen LogP contribution in [0.25, 0.3) is 0 Å². The number of likely N-dealkylation sites (tertiary alicyclic amines) is 1. The number of hydrogen-bond acceptors (Lipinski definition) is 3. The topological polar surface area (TPSA) is 69.6 Å². The fourth-order valence-electron chi connectivity index (χ4n) is 2.50. The zero-order chi connectivity index (χ0) is 15.6. The zero-order valence-corrected chi connectivity index (χ0v) is 12.9. The van der Waals surface area contributed by atoms with Gasteiger partial charge in [-0.3, -0.25) is 14.5 Å². The second-order valence-electron chi connectivity index (χ2n) is 5.79. The molecule has 1 aliphatic heterocycles. The molecule has 1 atom stereocenters. The monoisotopic (exact) mass is 310 g/mol. The highest BCUT2D eigenvalue weighted by Crippen LogP contribution is 2.30. The number of nitrogens with zero attached hydrogens (tertiary/aromatic N) is 1. The standard InChI is InChI=1S/C15H19ClN2O3/c1-10-11(16)4-3-5-12(10)17-13(19)8-18-7-6-15(2,9-18)14(20)21/h3-5H,6-9H2,1-2H3,(H,17,19)(H,20,21). The molecule has 0 aromatic heterocycles. The molecule has 1 aliphatic rings. The molecule has 0 aliphatic carbocycles. The Morgan fingerprint density at radius 3 is 2.81 bits per heavy atom. The van der Waals surface area contributed by atoms with E-state index in [1.165, 1.54) is 0 Å². The van der Waals surface area contributed by atoms with Gasteiger partial charge in [-0.05, 0) is 44.5 Å². The summed E-state index contributed by atoms with van der Waals surface area (Å²) in [6, 6.07) is 5.35. The molecule has 1 unspecified atom stereocenters. The van der Waals surface area contributed by atoms with E-state index in [-0.39, 0.29) is 12.5 Å². The summed E-state index contributed by atoms with van der Waals surface area (Å²) in [6.07, 6.45) is 0.561. The minimum Gasteiger partial charge on any atom is -0.481 e. The molecule has 0 saturated carbocycles. The van der Waals surface area contributed by atoms with Crippen LogP contribution in [0.3, 0.4) is 0 Å². The van der Waals surface area contributed by atoms with Crippen LogP contribution in [0.4, 0.5) is 5.69 Å². The van der Waals surface area contributed by atoms with Gasteiger partial charge in [-0.25, -0.2) is 0 Å². The normalized spacial score (nSPS) is 22.2. The van der Waals surface area contributed by atoms with E-state index in [9.17, 15) is 14.7 Å². The fraction of sp³-hybridized carbons (Fsp3) is 0.467. The van der Waals surface area contributed by atoms with Crippen molar-refractivity contribution in [2.24, 2.45) is 5.41 Å². The van der Waals surface area contributed by atoms with Gasteiger partial charge in [0.15, 0.2) is 0 Å². The lowest BCUT2D eigenvalue weighted by Crippen LogP contribution is -2.35. The van der Waals surface area contributed by atoms with E-state index in [0.29, 0.717) is 30.2 Å². The van der Waals surface area contributed by atoms with Gasteiger partial charge < -0.3 is 10.4 Å². The number of hydrogen-bond donors (Lipinski definition) is 2. The number of nitrogens with one attached hydrogen (secondary N) is 1. The molecule has 1 saturated heterocycles. The van der Waals surface area contributed by atoms with Crippen molar-refractivity contribution < 1.29 is 14.7 Å². The Morgan fingerprint density at radius 2 is 2.19 bits per heavy atom. The van der Waals surface area contributed by atoms with Crippen molar-refractivity contribution in [3.63, 3.8) is 0 Å². The number of carboxylic acid groups (broad SMARTS) is 1. The Bertz CT molecular complexity index is 576. The molecule has 6 heteroatoms. The molecule has 21 heavy (non-hydrogen) atoms. The van der Waals surface area contributed by atoms with Gasteiger partial charge in [-0.15, -0.1) is 0 Å². The third kappa shape index (κ3) is 3.54. The number of aliphatic carboxylic acids is 1. The van der Waals surface area contributed by atoms with Crippen molar-refractivity contribution in [2.45, 2.75) is 20.3 Å². The van der Waals surface area contributed by atoms with E-state index < -0.39 is 11.4 Å². The molecule has 0 radical (unpaired) electrons. The summed E-state index contributed by atoms with van der Waals surface area (Å²) in [5.41, 5.74) is 0.753. The van der Waals surface area contributed by atoms with E-state index in [2.05, 4.69) is 5.32 Å². The average Bonchev–Trinajstić information content (AvgIpc) is 2.78. The average molecular weight is 311 g/mol. The fourth-order valence-corrected chi connectivity index (χ4v) is 2.68. The summed E-state index contributed by atoms with van der Waals surface area (Å²) in [6.45, 7) is 4.76. The second kappa shape index (κ2) is 6.03. The Hall–Kier alpha value is -1.59. The molecular formula is C15H19ClN2O3. The van der Waals surface area contributed by atoms with Gasteiger partial charge in [0.25, 0.3) is 0 Å². The Balaban J connectivity index is 1.94. The van der Waals surface area contributed by atoms with Gasteiger partial charge in [0.1, 0.15) is 0 Å². The predicted molar refractivity (Wildman–Crippen MR) is 81.6 cm³/mol. The Labute approximate surface area is 128 Å². The van der Waals surface area contributed by atoms with Crippen LogP contribution in [0.1, 0.15) is 18.9 Å². The smallest absolute Gasteiger partial charge is 0.310 e. The van der Waals surface area contributed by atoms with Gasteiger partial charge in [-0.1, -0.05) is 17.7 Å². The summed E-state index contributed by atoms with van der Waals surface area (Å²) in [5.74, 6) is -0.967. The molecular weight excluding hydrogens is 292 g/mol. The number of carboxylic acids is 1. The minimum atomic E-state index is -0.809. The van der Waals surface area contributed by atoms with Crippen LogP contribution in [-0.2, 0) is 9.59 Å². The number of rotatable bonds is 4. The van der Waals surface area contributed by atoms with Gasteiger partial charge in [0.05, 0.1) is 12.0 Å². The third-order valence-corrected chi connectivity index (χ3v) is 4.39. The first kappa shape index (κ1) is 15.8. The molecule has 1 amide bonds. The van der Waals surface area contributed by atoms with Crippen molar-refractivity contribution in [1.82, 2.24) is 4.90 Å². The maximum atomic E-state index is 12.1. The summed E-state index contributed by atoms with van der Waals surface area (Å²) < 4.78 is 0. The van der Waals surface area contributed by atoms with Crippen LogP contribution < -0.4 is 5.32 Å². The largest absolute Gasteiger partial charge is 0.481 e. The minimum absolute atomic E-state index is 0.157. The first-order valence-corrected chi connectivity index (χ1v) is 7.20. The van der Waals surface area contributed by atoms with Crippen molar-refractivity contribution in [2.75, 3.05) is 25.0 Å². The lowest BCUT2D eigenvalue weighted by molar-refractivity contribution is -0.147. The van der Waals surface area contributed by atoms with Gasteiger partial charge in [0, 0.05) is 17.3 Å². The van der Waals surface area contributed by atoms with Gasteiger partial charge in [-0.2, -0.15) is 0 Å². The van der Waals surface area contributed by atoms with Gasteiger partial charge in [0.2, 0.25) is 5.91 Å². The Morgan fingerprint density at radius 1 is 1.48 bits per heavy atom. The number of amides is 1. The maximum Gasteiger partial charge on any atom is 0.310 e. The van der Waals surface area contributed by atoms with E-state index >= 15 is 0 Å². The molecule has 114 valence electrons. The molecule has 2 N–H and O–H groups in total. The molecule has 0 bridgehead atoms. The SMILES string of the molecule is Cc1c(Cl)cccc1NC(=O)CN1CCC(C)(C(=O)O)C1. The van der Waals surface area contributed by atoms with Crippen molar-refractivity contribution >= 4 is 29.2 Å². The number of halogens is 1. The van der Waals surface area contributed by atoms with Crippen LogP contribution in [0, 0.1) is 12.3 Å². The first-order valence-electron chi connectivity index (χ1n) is 6.82. The van der Waals surface area contributed by atoms with Crippen LogP contribution in [0.2, 0.25) is 5.02 Å². The highest BCUT2D eigenvalue weighted by atomic mass is 35.5. The molecule has 1 aromatic carbocycles. The molecule has 1 aromatic rings. The third-order valence-electron chi connectivity index (χ3n) is 3.98. The molecule has 0 spiro atoms. The van der Waals surface area contributed by atoms with Gasteiger partial charge >= 0.3 is 5.97 Å². The Kier molecular flexibility index (Phi) is 4.54. The quantitative estimate of drug-likeness (QED) is 0.896. The zero-order valence-electron chi connectivity index (χ0n) is 12.1. The molecule has 1 fully saturated rings. The summed E-state index contributed by atoms with van der Waals surface area (Å²) in [4.78, 5) is 25.1. The summed E-state index contributed by atoms with van der Waals surface area (Å²) >= 11 is 6.01. The van der Waals surface area contributed by atoms with Crippen LogP contribution in [0.5, 0.6) is 0 Å². The van der Waals surface area contributed by atoms with Crippen LogP contribution in [0.15, 0.2) is 18.2 Å². The number of carbonyl (C=O) groups is 2. The predicted octanol–water partition coefficient (Wildman–Crippen LogP) is 2.38. The van der Waals surface area contributed by atoms with Crippen LogP contribution in [-0.4, -0.2) is 41.5 Å². The number of benzene rings is 1. The summed E-state index contributed by atoms with van der Waals surface area (Å²) in [5, 5.41) is 12.6. The number of carbonyl (C=O) groups excluding carboxylic acids is 1. The summed E-state index contributed by atoms with van der Waals surface area (Å²) in [7, 11) is 0. The van der Waals surface area contributed by atoms with Crippen molar-refractivity contribution in [1.29, 1.82) is 0 Å². The first-order chi connectivity index (χ1) is 9.82. The van der Waals surface area contributed by atoms with Crippen LogP contribution >= 0.6 is 11.6 Å². The maximum absolute atomic E-state index is 12.1. The van der Waals surface area contributed by atoms with E-state index in [1.807, 2.05) is 11.8 Å². The highest BCUT2D eigenvalue weighted by molar-refractivity contribution is 6.31. The molecule has 5 nitrogen and oxygen atoms in total. The molecule has 1 heterocycles. The highest BCUT2D eigenvalue weighted by Gasteiger charge is 2.40. The van der Waals surface area contributed by atoms with E-state index in [1.54, 1.807) is 25.1 Å². The number of anilines is 1. The van der Waals surface area contributed by atoms with Crippen molar-refractivity contribution in [3.05, 3.63) is 28.8 Å². The van der Waals surface area contributed by atoms with E-state index in [0.717, 1.165) is 5.56 Å². The van der Waals surface area contributed by atoms with E-state index in [4.69, 9.17) is 11.6 Å². The lowest BCUT2D eigenvalue weighted by atomic mass is 9.90. The lowest BCUT2D eigenvalue weighted by Gasteiger charge is -2.20. The van der Waals surface area contributed by atoms with Crippen molar-refractivity contribution in [3.8, 4) is 0 Å². The molecule has 2 rings (SSSR count).